The minimum absolute atomic E-state index is 0.0152. The first-order valence-electron chi connectivity index (χ1n) is 10.7. The molecule has 1 heterocycles. The Bertz CT molecular complexity index is 1290. The second-order valence-electron chi connectivity index (χ2n) is 8.26. The number of hydrogen-bond donors (Lipinski definition) is 2. The normalized spacial score (nSPS) is 11.6. The second-order valence-corrected chi connectivity index (χ2v) is 10.5. The molecule has 34 heavy (non-hydrogen) atoms. The van der Waals surface area contributed by atoms with Gasteiger partial charge in [-0.25, -0.2) is 17.8 Å². The number of nitrogens with zero attached hydrogens (tertiary/aromatic N) is 1. The molecule has 0 radical (unpaired) electrons. The van der Waals surface area contributed by atoms with Crippen molar-refractivity contribution in [2.75, 3.05) is 16.4 Å². The maximum absolute atomic E-state index is 13.8. The highest BCUT2D eigenvalue weighted by molar-refractivity contribution is 7.91. The Morgan fingerprint density at radius 1 is 0.971 bits per heavy atom. The summed E-state index contributed by atoms with van der Waals surface area (Å²) >= 11 is 0. The van der Waals surface area contributed by atoms with Crippen LogP contribution in [-0.4, -0.2) is 31.0 Å². The Labute approximate surface area is 198 Å². The number of benzene rings is 2. The minimum Gasteiger partial charge on any atom is -0.326 e. The predicted molar refractivity (Wildman–Crippen MR) is 129 cm³/mol. The molecule has 0 bridgehead atoms. The van der Waals surface area contributed by atoms with E-state index in [1.54, 1.807) is 57.2 Å². The molecule has 0 atom stereocenters. The number of halogens is 1. The van der Waals surface area contributed by atoms with Crippen molar-refractivity contribution in [2.24, 2.45) is 0 Å². The van der Waals surface area contributed by atoms with Crippen LogP contribution >= 0.6 is 0 Å². The molecule has 0 aliphatic carbocycles. The van der Waals surface area contributed by atoms with Gasteiger partial charge < -0.3 is 10.6 Å². The molecule has 2 amide bonds. The first kappa shape index (κ1) is 25.0. The highest BCUT2D eigenvalue weighted by Crippen LogP contribution is 2.27. The lowest BCUT2D eigenvalue weighted by molar-refractivity contribution is -0.120. The van der Waals surface area contributed by atoms with Crippen molar-refractivity contribution in [3.8, 4) is 0 Å². The standard InChI is InChI=1S/C25H26FN3O4S/c1-4-34(32,33)20-13-7-17(8-14-20)16-22(30)28-19-11-9-18(10-12-19)25(2,3)24(31)29-23-21(26)6-5-15-27-23/h5-15H,4,16H2,1-3H3,(H,28,30)(H,27,29,31). The van der Waals surface area contributed by atoms with Crippen molar-refractivity contribution < 1.29 is 22.4 Å². The van der Waals surface area contributed by atoms with E-state index in [0.717, 1.165) is 0 Å². The fourth-order valence-electron chi connectivity index (χ4n) is 3.21. The third-order valence-corrected chi connectivity index (χ3v) is 7.23. The van der Waals surface area contributed by atoms with E-state index in [4.69, 9.17) is 0 Å². The number of rotatable bonds is 8. The summed E-state index contributed by atoms with van der Waals surface area (Å²) in [5, 5.41) is 5.29. The van der Waals surface area contributed by atoms with Gasteiger partial charge in [0.2, 0.25) is 11.8 Å². The number of aromatic nitrogens is 1. The molecule has 0 unspecified atom stereocenters. The Hall–Kier alpha value is -3.59. The molecule has 3 aromatic rings. The third-order valence-electron chi connectivity index (χ3n) is 5.48. The molecule has 0 fully saturated rings. The molecule has 1 aromatic heterocycles. The van der Waals surface area contributed by atoms with E-state index in [1.807, 2.05) is 0 Å². The smallest absolute Gasteiger partial charge is 0.235 e. The fraction of sp³-hybridized carbons (Fsp3) is 0.240. The number of hydrogen-bond acceptors (Lipinski definition) is 5. The van der Waals surface area contributed by atoms with E-state index in [-0.39, 0.29) is 28.8 Å². The van der Waals surface area contributed by atoms with Crippen LogP contribution < -0.4 is 10.6 Å². The minimum atomic E-state index is -3.29. The van der Waals surface area contributed by atoms with Gasteiger partial charge in [0, 0.05) is 11.9 Å². The zero-order valence-electron chi connectivity index (χ0n) is 19.1. The molecule has 0 aliphatic rings. The average Bonchev–Trinajstić information content (AvgIpc) is 2.81. The van der Waals surface area contributed by atoms with Crippen LogP contribution in [-0.2, 0) is 31.3 Å². The summed E-state index contributed by atoms with van der Waals surface area (Å²) in [5.74, 6) is -1.42. The summed E-state index contributed by atoms with van der Waals surface area (Å²) in [7, 11) is -3.29. The third kappa shape index (κ3) is 5.85. The Morgan fingerprint density at radius 3 is 2.21 bits per heavy atom. The summed E-state index contributed by atoms with van der Waals surface area (Å²) in [6.07, 6.45) is 1.47. The first-order chi connectivity index (χ1) is 16.0. The maximum atomic E-state index is 13.8. The molecule has 0 spiro atoms. The van der Waals surface area contributed by atoms with Crippen molar-refractivity contribution in [1.29, 1.82) is 0 Å². The van der Waals surface area contributed by atoms with Crippen LogP contribution in [0.1, 0.15) is 31.9 Å². The molecule has 2 aromatic carbocycles. The van der Waals surface area contributed by atoms with E-state index in [2.05, 4.69) is 15.6 Å². The first-order valence-corrected chi connectivity index (χ1v) is 12.3. The maximum Gasteiger partial charge on any atom is 0.235 e. The average molecular weight is 484 g/mol. The molecule has 0 saturated carbocycles. The lowest BCUT2D eigenvalue weighted by atomic mass is 9.83. The number of sulfone groups is 1. The Kier molecular flexibility index (Phi) is 7.46. The molecule has 0 aliphatic heterocycles. The predicted octanol–water partition coefficient (Wildman–Crippen LogP) is 4.11. The van der Waals surface area contributed by atoms with E-state index >= 15 is 0 Å². The van der Waals surface area contributed by atoms with E-state index in [9.17, 15) is 22.4 Å². The lowest BCUT2D eigenvalue weighted by Gasteiger charge is -2.24. The second kappa shape index (κ2) is 10.1. The van der Waals surface area contributed by atoms with Gasteiger partial charge in [0.1, 0.15) is 0 Å². The largest absolute Gasteiger partial charge is 0.326 e. The molecule has 178 valence electrons. The van der Waals surface area contributed by atoms with Crippen molar-refractivity contribution in [3.05, 3.63) is 83.8 Å². The van der Waals surface area contributed by atoms with Crippen molar-refractivity contribution in [2.45, 2.75) is 37.5 Å². The quantitative estimate of drug-likeness (QED) is 0.502. The van der Waals surface area contributed by atoms with Gasteiger partial charge in [0.15, 0.2) is 21.5 Å². The molecule has 3 rings (SSSR count). The van der Waals surface area contributed by atoms with Crippen LogP contribution in [0.15, 0.2) is 71.8 Å². The number of carbonyl (C=O) groups excluding carboxylic acids is 2. The van der Waals surface area contributed by atoms with Gasteiger partial charge in [-0.3, -0.25) is 9.59 Å². The number of pyridine rings is 1. The van der Waals surface area contributed by atoms with Crippen molar-refractivity contribution >= 4 is 33.2 Å². The van der Waals surface area contributed by atoms with Gasteiger partial charge in [0.25, 0.3) is 0 Å². The highest BCUT2D eigenvalue weighted by Gasteiger charge is 2.30. The molecular formula is C25H26FN3O4S. The zero-order valence-corrected chi connectivity index (χ0v) is 19.9. The molecule has 2 N–H and O–H groups in total. The fourth-order valence-corrected chi connectivity index (χ4v) is 4.10. The van der Waals surface area contributed by atoms with E-state index < -0.39 is 27.0 Å². The number of amides is 2. The zero-order chi connectivity index (χ0) is 24.9. The van der Waals surface area contributed by atoms with Crippen LogP contribution in [0.5, 0.6) is 0 Å². The lowest BCUT2D eigenvalue weighted by Crippen LogP contribution is -2.35. The summed E-state index contributed by atoms with van der Waals surface area (Å²) in [4.78, 5) is 29.2. The van der Waals surface area contributed by atoms with Gasteiger partial charge in [-0.2, -0.15) is 0 Å². The van der Waals surface area contributed by atoms with Crippen molar-refractivity contribution in [1.82, 2.24) is 4.98 Å². The van der Waals surface area contributed by atoms with E-state index in [0.29, 0.717) is 16.8 Å². The number of anilines is 2. The summed E-state index contributed by atoms with van der Waals surface area (Å²) in [5.41, 5.74) is 0.925. The van der Waals surface area contributed by atoms with Gasteiger partial charge in [-0.05, 0) is 61.4 Å². The monoisotopic (exact) mass is 483 g/mol. The van der Waals surface area contributed by atoms with Crippen molar-refractivity contribution in [3.63, 3.8) is 0 Å². The highest BCUT2D eigenvalue weighted by atomic mass is 32.2. The SMILES string of the molecule is CCS(=O)(=O)c1ccc(CC(=O)Nc2ccc(C(C)(C)C(=O)Nc3ncccc3F)cc2)cc1. The Balaban J connectivity index is 1.63. The van der Waals surface area contributed by atoms with Crippen LogP contribution in [0.2, 0.25) is 0 Å². The van der Waals surface area contributed by atoms with Crippen LogP contribution in [0.3, 0.4) is 0 Å². The Morgan fingerprint density at radius 2 is 1.62 bits per heavy atom. The summed E-state index contributed by atoms with van der Waals surface area (Å²) in [6, 6.07) is 15.7. The topological polar surface area (TPSA) is 105 Å². The van der Waals surface area contributed by atoms with Crippen LogP contribution in [0.25, 0.3) is 0 Å². The molecular weight excluding hydrogens is 457 g/mol. The van der Waals surface area contributed by atoms with Crippen LogP contribution in [0, 0.1) is 5.82 Å². The van der Waals surface area contributed by atoms with Gasteiger partial charge >= 0.3 is 0 Å². The van der Waals surface area contributed by atoms with Gasteiger partial charge in [0.05, 0.1) is 22.5 Å². The molecule has 7 nitrogen and oxygen atoms in total. The molecule has 0 saturated heterocycles. The van der Waals surface area contributed by atoms with Gasteiger partial charge in [-0.15, -0.1) is 0 Å². The summed E-state index contributed by atoms with van der Waals surface area (Å²) in [6.45, 7) is 4.99. The van der Waals surface area contributed by atoms with E-state index in [1.165, 1.54) is 30.5 Å². The summed E-state index contributed by atoms with van der Waals surface area (Å²) < 4.78 is 37.6. The van der Waals surface area contributed by atoms with Gasteiger partial charge in [-0.1, -0.05) is 31.2 Å². The van der Waals surface area contributed by atoms with Crippen LogP contribution in [0.4, 0.5) is 15.9 Å². The number of carbonyl (C=O) groups is 2. The number of nitrogens with one attached hydrogen (secondary N) is 2. The molecule has 9 heteroatoms.